The highest BCUT2D eigenvalue weighted by Crippen LogP contribution is 2.42. The fourth-order valence-corrected chi connectivity index (χ4v) is 2.23. The van der Waals surface area contributed by atoms with E-state index in [2.05, 4.69) is 25.4 Å². The van der Waals surface area contributed by atoms with Gasteiger partial charge in [-0.3, -0.25) is 10.1 Å². The lowest BCUT2D eigenvalue weighted by Gasteiger charge is -2.09. The summed E-state index contributed by atoms with van der Waals surface area (Å²) in [5, 5.41) is 7.42. The molecule has 9 heteroatoms. The predicted molar refractivity (Wildman–Crippen MR) is 88.0 cm³/mol. The highest BCUT2D eigenvalue weighted by atomic mass is 19.3. The SMILES string of the molecule is O=C(CNc1ccc2c(c1)OC(F)(F)O2)NC(=O)NCc1ccccc1. The van der Waals surface area contributed by atoms with Crippen LogP contribution >= 0.6 is 0 Å². The molecular weight excluding hydrogens is 348 g/mol. The van der Waals surface area contributed by atoms with Crippen molar-refractivity contribution in [2.75, 3.05) is 11.9 Å². The molecule has 7 nitrogen and oxygen atoms in total. The van der Waals surface area contributed by atoms with Gasteiger partial charge < -0.3 is 20.1 Å². The van der Waals surface area contributed by atoms with Crippen LogP contribution in [0.15, 0.2) is 48.5 Å². The van der Waals surface area contributed by atoms with Gasteiger partial charge in [-0.15, -0.1) is 8.78 Å². The Labute approximate surface area is 147 Å². The van der Waals surface area contributed by atoms with Crippen LogP contribution in [0.4, 0.5) is 19.3 Å². The van der Waals surface area contributed by atoms with Crippen molar-refractivity contribution < 1.29 is 27.8 Å². The van der Waals surface area contributed by atoms with E-state index in [1.54, 1.807) is 0 Å². The fourth-order valence-electron chi connectivity index (χ4n) is 2.23. The average Bonchev–Trinajstić information content (AvgIpc) is 2.92. The molecule has 0 spiro atoms. The second kappa shape index (κ2) is 7.26. The Bertz CT molecular complexity index is 815. The van der Waals surface area contributed by atoms with E-state index in [9.17, 15) is 18.4 Å². The van der Waals surface area contributed by atoms with Crippen molar-refractivity contribution in [3.05, 3.63) is 54.1 Å². The number of urea groups is 1. The maximum atomic E-state index is 12.9. The van der Waals surface area contributed by atoms with Gasteiger partial charge in [-0.25, -0.2) is 4.79 Å². The van der Waals surface area contributed by atoms with Gasteiger partial charge in [0.25, 0.3) is 0 Å². The van der Waals surface area contributed by atoms with Gasteiger partial charge in [0.1, 0.15) is 0 Å². The molecule has 1 aliphatic heterocycles. The molecule has 0 atom stereocenters. The van der Waals surface area contributed by atoms with E-state index in [4.69, 9.17) is 0 Å². The summed E-state index contributed by atoms with van der Waals surface area (Å²) in [6, 6.07) is 12.6. The molecule has 2 aromatic rings. The van der Waals surface area contributed by atoms with Gasteiger partial charge in [-0.2, -0.15) is 0 Å². The zero-order chi connectivity index (χ0) is 18.6. The third kappa shape index (κ3) is 4.59. The number of benzene rings is 2. The number of halogens is 2. The summed E-state index contributed by atoms with van der Waals surface area (Å²) in [6.07, 6.45) is -3.70. The van der Waals surface area contributed by atoms with Crippen LogP contribution in [-0.4, -0.2) is 24.8 Å². The van der Waals surface area contributed by atoms with E-state index in [-0.39, 0.29) is 24.6 Å². The molecule has 0 saturated carbocycles. The van der Waals surface area contributed by atoms with Crippen LogP contribution in [0.3, 0.4) is 0 Å². The number of carbonyl (C=O) groups is 2. The largest absolute Gasteiger partial charge is 0.586 e. The van der Waals surface area contributed by atoms with Crippen LogP contribution in [0.2, 0.25) is 0 Å². The number of carbonyl (C=O) groups excluding carboxylic acids is 2. The van der Waals surface area contributed by atoms with Crippen LogP contribution in [0.25, 0.3) is 0 Å². The molecule has 3 rings (SSSR count). The summed E-state index contributed by atoms with van der Waals surface area (Å²) in [5.74, 6) is -0.815. The minimum Gasteiger partial charge on any atom is -0.395 e. The zero-order valence-corrected chi connectivity index (χ0v) is 13.4. The smallest absolute Gasteiger partial charge is 0.395 e. The fraction of sp³-hybridized carbons (Fsp3) is 0.176. The molecule has 0 saturated heterocycles. The standard InChI is InChI=1S/C17H15F2N3O4/c18-17(19)25-13-7-6-12(8-14(13)26-17)20-10-15(23)22-16(24)21-9-11-4-2-1-3-5-11/h1-8,20H,9-10H2,(H2,21,22,23,24). The van der Waals surface area contributed by atoms with E-state index in [1.807, 2.05) is 30.3 Å². The number of hydrogen-bond acceptors (Lipinski definition) is 5. The molecule has 0 aliphatic carbocycles. The van der Waals surface area contributed by atoms with Crippen molar-refractivity contribution in [1.29, 1.82) is 0 Å². The minimum atomic E-state index is -3.70. The number of fused-ring (bicyclic) bond motifs is 1. The zero-order valence-electron chi connectivity index (χ0n) is 13.4. The second-order valence-corrected chi connectivity index (χ2v) is 5.40. The third-order valence-electron chi connectivity index (χ3n) is 3.40. The van der Waals surface area contributed by atoms with Gasteiger partial charge in [0.2, 0.25) is 5.91 Å². The van der Waals surface area contributed by atoms with Crippen LogP contribution in [0.1, 0.15) is 5.56 Å². The van der Waals surface area contributed by atoms with E-state index >= 15 is 0 Å². The molecule has 2 aromatic carbocycles. The summed E-state index contributed by atoms with van der Waals surface area (Å²) in [6.45, 7) is 0.0541. The molecule has 26 heavy (non-hydrogen) atoms. The van der Waals surface area contributed by atoms with Gasteiger partial charge in [-0.05, 0) is 17.7 Å². The van der Waals surface area contributed by atoms with Crippen molar-refractivity contribution >= 4 is 17.6 Å². The molecule has 0 aromatic heterocycles. The summed E-state index contributed by atoms with van der Waals surface area (Å²) in [7, 11) is 0. The van der Waals surface area contributed by atoms with Crippen LogP contribution < -0.4 is 25.4 Å². The Morgan fingerprint density at radius 1 is 1.00 bits per heavy atom. The number of rotatable bonds is 5. The third-order valence-corrected chi connectivity index (χ3v) is 3.40. The number of anilines is 1. The normalized spacial score (nSPS) is 13.8. The van der Waals surface area contributed by atoms with Crippen LogP contribution in [0.5, 0.6) is 11.5 Å². The van der Waals surface area contributed by atoms with Crippen molar-refractivity contribution in [2.24, 2.45) is 0 Å². The predicted octanol–water partition coefficient (Wildman–Crippen LogP) is 2.45. The lowest BCUT2D eigenvalue weighted by molar-refractivity contribution is -0.286. The molecule has 1 aliphatic rings. The van der Waals surface area contributed by atoms with Crippen LogP contribution in [-0.2, 0) is 11.3 Å². The Hall–Kier alpha value is -3.36. The number of nitrogens with one attached hydrogen (secondary N) is 3. The molecule has 3 amide bonds. The lowest BCUT2D eigenvalue weighted by atomic mass is 10.2. The minimum absolute atomic E-state index is 0.0923. The quantitative estimate of drug-likeness (QED) is 0.759. The molecule has 1 heterocycles. The van der Waals surface area contributed by atoms with E-state index in [0.717, 1.165) is 5.56 Å². The lowest BCUT2D eigenvalue weighted by Crippen LogP contribution is -2.41. The summed E-state index contributed by atoms with van der Waals surface area (Å²) >= 11 is 0. The Balaban J connectivity index is 1.44. The Morgan fingerprint density at radius 3 is 2.50 bits per heavy atom. The second-order valence-electron chi connectivity index (χ2n) is 5.40. The number of ether oxygens (including phenoxy) is 2. The maximum absolute atomic E-state index is 12.9. The molecule has 0 radical (unpaired) electrons. The van der Waals surface area contributed by atoms with Crippen molar-refractivity contribution in [1.82, 2.24) is 10.6 Å². The van der Waals surface area contributed by atoms with Gasteiger partial charge in [0, 0.05) is 18.3 Å². The Morgan fingerprint density at radius 2 is 1.73 bits per heavy atom. The molecular formula is C17H15F2N3O4. The van der Waals surface area contributed by atoms with Crippen molar-refractivity contribution in [3.8, 4) is 11.5 Å². The van der Waals surface area contributed by atoms with Crippen molar-refractivity contribution in [3.63, 3.8) is 0 Å². The summed E-state index contributed by atoms with van der Waals surface area (Å²) in [4.78, 5) is 23.4. The van der Waals surface area contributed by atoms with Gasteiger partial charge in [-0.1, -0.05) is 30.3 Å². The highest BCUT2D eigenvalue weighted by molar-refractivity contribution is 5.96. The average molecular weight is 363 g/mol. The van der Waals surface area contributed by atoms with E-state index < -0.39 is 18.2 Å². The number of alkyl halides is 2. The highest BCUT2D eigenvalue weighted by Gasteiger charge is 2.43. The Kier molecular flexibility index (Phi) is 4.87. The molecule has 136 valence electrons. The summed E-state index contributed by atoms with van der Waals surface area (Å²) in [5.41, 5.74) is 1.26. The van der Waals surface area contributed by atoms with Crippen molar-refractivity contribution in [2.45, 2.75) is 12.8 Å². The van der Waals surface area contributed by atoms with E-state index in [1.165, 1.54) is 18.2 Å². The topological polar surface area (TPSA) is 88.7 Å². The molecule has 3 N–H and O–H groups in total. The molecule has 0 bridgehead atoms. The number of hydrogen-bond donors (Lipinski definition) is 3. The van der Waals surface area contributed by atoms with Gasteiger partial charge in [0.15, 0.2) is 11.5 Å². The number of imide groups is 1. The molecule has 0 fully saturated rings. The first-order valence-corrected chi connectivity index (χ1v) is 7.67. The monoisotopic (exact) mass is 363 g/mol. The first-order chi connectivity index (χ1) is 12.4. The van der Waals surface area contributed by atoms with Gasteiger partial charge in [0.05, 0.1) is 6.54 Å². The molecule has 0 unspecified atom stereocenters. The first-order valence-electron chi connectivity index (χ1n) is 7.67. The van der Waals surface area contributed by atoms with E-state index in [0.29, 0.717) is 5.69 Å². The number of amides is 3. The summed E-state index contributed by atoms with van der Waals surface area (Å²) < 4.78 is 34.5. The van der Waals surface area contributed by atoms with Gasteiger partial charge >= 0.3 is 12.3 Å². The first kappa shape index (κ1) is 17.5. The maximum Gasteiger partial charge on any atom is 0.586 e. The van der Waals surface area contributed by atoms with Crippen LogP contribution in [0, 0.1) is 0 Å².